The summed E-state index contributed by atoms with van der Waals surface area (Å²) < 4.78 is 11.0. The summed E-state index contributed by atoms with van der Waals surface area (Å²) >= 11 is 6.32. The third-order valence-electron chi connectivity index (χ3n) is 4.31. The molecule has 152 valence electrons. The van der Waals surface area contributed by atoms with E-state index in [0.717, 1.165) is 23.0 Å². The number of methoxy groups -OCH3 is 1. The van der Waals surface area contributed by atoms with Gasteiger partial charge in [0.15, 0.2) is 11.5 Å². The van der Waals surface area contributed by atoms with E-state index < -0.39 is 0 Å². The Morgan fingerprint density at radius 2 is 2.14 bits per heavy atom. The second kappa shape index (κ2) is 9.47. The Hall–Kier alpha value is -2.99. The van der Waals surface area contributed by atoms with Crippen molar-refractivity contribution in [2.24, 2.45) is 0 Å². The fourth-order valence-corrected chi connectivity index (χ4v) is 3.13. The standard InChI is InChI=1S/C22H24ClN3O3/c1-4-11-29-21-16(23)12-15(13-19(21)28-3)9-10-20(27)24-14(2)22-25-17-7-5-6-8-18(17)26-22/h5-10,12-14H,4,11H2,1-3H3,(H,24,27)(H,25,26). The lowest BCUT2D eigenvalue weighted by Gasteiger charge is -2.13. The molecule has 3 rings (SSSR count). The van der Waals surface area contributed by atoms with Crippen molar-refractivity contribution < 1.29 is 14.3 Å². The molecule has 0 saturated carbocycles. The number of H-pyrrole nitrogens is 1. The highest BCUT2D eigenvalue weighted by Gasteiger charge is 2.13. The number of aromatic amines is 1. The number of nitrogens with zero attached hydrogens (tertiary/aromatic N) is 1. The van der Waals surface area contributed by atoms with Gasteiger partial charge in [0.05, 0.1) is 35.8 Å². The van der Waals surface area contributed by atoms with Crippen molar-refractivity contribution >= 4 is 34.6 Å². The first kappa shape index (κ1) is 20.7. The molecule has 0 aliphatic carbocycles. The molecule has 1 aromatic heterocycles. The molecular formula is C22H24ClN3O3. The zero-order chi connectivity index (χ0) is 20.8. The van der Waals surface area contributed by atoms with Crippen LogP contribution in [0.2, 0.25) is 5.02 Å². The number of amides is 1. The van der Waals surface area contributed by atoms with Gasteiger partial charge in [-0.1, -0.05) is 30.7 Å². The highest BCUT2D eigenvalue weighted by atomic mass is 35.5. The minimum atomic E-state index is -0.262. The molecular weight excluding hydrogens is 390 g/mol. The predicted molar refractivity (Wildman–Crippen MR) is 115 cm³/mol. The summed E-state index contributed by atoms with van der Waals surface area (Å²) in [7, 11) is 1.56. The van der Waals surface area contributed by atoms with E-state index in [-0.39, 0.29) is 11.9 Å². The minimum absolute atomic E-state index is 0.237. The highest BCUT2D eigenvalue weighted by Crippen LogP contribution is 2.36. The first-order valence-electron chi connectivity index (χ1n) is 9.45. The molecule has 1 unspecified atom stereocenters. The van der Waals surface area contributed by atoms with Crippen LogP contribution in [0.15, 0.2) is 42.5 Å². The lowest BCUT2D eigenvalue weighted by Crippen LogP contribution is -2.25. The van der Waals surface area contributed by atoms with Gasteiger partial charge < -0.3 is 19.8 Å². The van der Waals surface area contributed by atoms with Crippen LogP contribution in [-0.2, 0) is 4.79 Å². The van der Waals surface area contributed by atoms with E-state index in [2.05, 4.69) is 15.3 Å². The van der Waals surface area contributed by atoms with Gasteiger partial charge in [0.2, 0.25) is 5.91 Å². The number of benzene rings is 2. The molecule has 29 heavy (non-hydrogen) atoms. The summed E-state index contributed by atoms with van der Waals surface area (Å²) in [5, 5.41) is 3.34. The molecule has 0 saturated heterocycles. The van der Waals surface area contributed by atoms with Crippen molar-refractivity contribution in [3.63, 3.8) is 0 Å². The van der Waals surface area contributed by atoms with Crippen molar-refractivity contribution in [1.29, 1.82) is 0 Å². The second-order valence-electron chi connectivity index (χ2n) is 6.59. The molecule has 0 fully saturated rings. The topological polar surface area (TPSA) is 76.2 Å². The largest absolute Gasteiger partial charge is 0.493 e. The molecule has 1 heterocycles. The first-order chi connectivity index (χ1) is 14.0. The SMILES string of the molecule is CCCOc1c(Cl)cc(C=CC(=O)NC(C)c2nc3ccccc3[nH]2)cc1OC. The van der Waals surface area contributed by atoms with Gasteiger partial charge in [-0.05, 0) is 49.2 Å². The van der Waals surface area contributed by atoms with Crippen LogP contribution < -0.4 is 14.8 Å². The summed E-state index contributed by atoms with van der Waals surface area (Å²) in [6.07, 6.45) is 4.00. The van der Waals surface area contributed by atoms with E-state index in [9.17, 15) is 4.79 Å². The fourth-order valence-electron chi connectivity index (χ4n) is 2.86. The van der Waals surface area contributed by atoms with Gasteiger partial charge in [-0.3, -0.25) is 4.79 Å². The molecule has 6 nitrogen and oxygen atoms in total. The molecule has 0 aliphatic rings. The molecule has 0 bridgehead atoms. The number of nitrogens with one attached hydrogen (secondary N) is 2. The van der Waals surface area contributed by atoms with Gasteiger partial charge in [0, 0.05) is 6.08 Å². The van der Waals surface area contributed by atoms with Gasteiger partial charge in [0.1, 0.15) is 5.82 Å². The molecule has 0 spiro atoms. The number of rotatable bonds is 8. The Labute approximate surface area is 174 Å². The van der Waals surface area contributed by atoms with Crippen LogP contribution >= 0.6 is 11.6 Å². The van der Waals surface area contributed by atoms with Gasteiger partial charge >= 0.3 is 0 Å². The third-order valence-corrected chi connectivity index (χ3v) is 4.59. The highest BCUT2D eigenvalue weighted by molar-refractivity contribution is 6.32. The molecule has 3 aromatic rings. The molecule has 7 heteroatoms. The monoisotopic (exact) mass is 413 g/mol. The number of fused-ring (bicyclic) bond motifs is 1. The van der Waals surface area contributed by atoms with Crippen molar-refractivity contribution in [2.75, 3.05) is 13.7 Å². The van der Waals surface area contributed by atoms with E-state index in [1.807, 2.05) is 38.1 Å². The summed E-state index contributed by atoms with van der Waals surface area (Å²) in [4.78, 5) is 20.1. The van der Waals surface area contributed by atoms with Crippen LogP contribution in [0.3, 0.4) is 0 Å². The summed E-state index contributed by atoms with van der Waals surface area (Å²) in [6, 6.07) is 11.0. The number of para-hydroxylation sites is 2. The van der Waals surface area contributed by atoms with E-state index >= 15 is 0 Å². The maximum atomic E-state index is 12.3. The lowest BCUT2D eigenvalue weighted by atomic mass is 10.2. The van der Waals surface area contributed by atoms with Gasteiger partial charge in [-0.15, -0.1) is 0 Å². The van der Waals surface area contributed by atoms with Crippen molar-refractivity contribution in [2.45, 2.75) is 26.3 Å². The maximum absolute atomic E-state index is 12.3. The Kier molecular flexibility index (Phi) is 6.77. The number of halogens is 1. The van der Waals surface area contributed by atoms with Gasteiger partial charge in [0.25, 0.3) is 0 Å². The fraction of sp³-hybridized carbons (Fsp3) is 0.273. The Balaban J connectivity index is 1.68. The first-order valence-corrected chi connectivity index (χ1v) is 9.83. The van der Waals surface area contributed by atoms with Crippen LogP contribution in [0.25, 0.3) is 17.1 Å². The van der Waals surface area contributed by atoms with Crippen LogP contribution in [0.1, 0.15) is 37.7 Å². The number of imidazole rings is 1. The molecule has 0 radical (unpaired) electrons. The average Bonchev–Trinajstić information content (AvgIpc) is 3.15. The smallest absolute Gasteiger partial charge is 0.244 e. The summed E-state index contributed by atoms with van der Waals surface area (Å²) in [5.41, 5.74) is 2.54. The zero-order valence-electron chi connectivity index (χ0n) is 16.7. The maximum Gasteiger partial charge on any atom is 0.244 e. The van der Waals surface area contributed by atoms with Gasteiger partial charge in [-0.25, -0.2) is 4.98 Å². The number of carbonyl (C=O) groups is 1. The molecule has 2 N–H and O–H groups in total. The molecule has 0 aliphatic heterocycles. The van der Waals surface area contributed by atoms with Crippen LogP contribution in [0.4, 0.5) is 0 Å². The average molecular weight is 414 g/mol. The van der Waals surface area contributed by atoms with E-state index in [4.69, 9.17) is 21.1 Å². The van der Waals surface area contributed by atoms with E-state index in [1.165, 1.54) is 6.08 Å². The number of aromatic nitrogens is 2. The normalized spacial score (nSPS) is 12.3. The number of hydrogen-bond donors (Lipinski definition) is 2. The lowest BCUT2D eigenvalue weighted by molar-refractivity contribution is -0.117. The molecule has 1 amide bonds. The quantitative estimate of drug-likeness (QED) is 0.515. The van der Waals surface area contributed by atoms with Gasteiger partial charge in [-0.2, -0.15) is 0 Å². The van der Waals surface area contributed by atoms with Crippen LogP contribution in [-0.4, -0.2) is 29.6 Å². The minimum Gasteiger partial charge on any atom is -0.493 e. The van der Waals surface area contributed by atoms with Crippen LogP contribution in [0.5, 0.6) is 11.5 Å². The third kappa shape index (κ3) is 5.09. The van der Waals surface area contributed by atoms with E-state index in [1.54, 1.807) is 25.3 Å². The van der Waals surface area contributed by atoms with E-state index in [0.29, 0.717) is 29.0 Å². The van der Waals surface area contributed by atoms with Crippen LogP contribution in [0, 0.1) is 0 Å². The predicted octanol–water partition coefficient (Wildman–Crippen LogP) is 4.90. The van der Waals surface area contributed by atoms with Crippen molar-refractivity contribution in [3.8, 4) is 11.5 Å². The summed E-state index contributed by atoms with van der Waals surface area (Å²) in [6.45, 7) is 4.44. The zero-order valence-corrected chi connectivity index (χ0v) is 17.4. The van der Waals surface area contributed by atoms with Crippen molar-refractivity contribution in [1.82, 2.24) is 15.3 Å². The Morgan fingerprint density at radius 1 is 1.34 bits per heavy atom. The Morgan fingerprint density at radius 3 is 2.86 bits per heavy atom. The van der Waals surface area contributed by atoms with Crippen molar-refractivity contribution in [3.05, 3.63) is 58.9 Å². The Bertz CT molecular complexity index is 996. The molecule has 1 atom stereocenters. The summed E-state index contributed by atoms with van der Waals surface area (Å²) in [5.74, 6) is 1.51. The number of hydrogen-bond acceptors (Lipinski definition) is 4. The second-order valence-corrected chi connectivity index (χ2v) is 6.99. The number of ether oxygens (including phenoxy) is 2. The number of carbonyl (C=O) groups excluding carboxylic acids is 1. The molecule has 2 aromatic carbocycles.